The van der Waals surface area contributed by atoms with E-state index in [-0.39, 0.29) is 18.4 Å². The van der Waals surface area contributed by atoms with Gasteiger partial charge in [0, 0.05) is 4.47 Å². The summed E-state index contributed by atoms with van der Waals surface area (Å²) in [6, 6.07) is 15.2. The fourth-order valence-corrected chi connectivity index (χ4v) is 2.76. The summed E-state index contributed by atoms with van der Waals surface area (Å²) in [4.78, 5) is 19.8. The summed E-state index contributed by atoms with van der Waals surface area (Å²) < 4.78 is 6.53. The molecule has 0 radical (unpaired) electrons. The molecule has 0 fully saturated rings. The standard InChI is InChI=1S/C18H18BrN3O2/c1-12(18-21-15-7-2-3-8-16(15)22-18)20-17(23)9-10-24-14-6-4-5-13(19)11-14/h2-8,11-12H,9-10H2,1H3,(H,20,23)(H,21,22). The number of nitrogens with zero attached hydrogens (tertiary/aromatic N) is 1. The zero-order valence-corrected chi connectivity index (χ0v) is 14.8. The molecule has 2 aromatic carbocycles. The van der Waals surface area contributed by atoms with Crippen LogP contribution in [0.2, 0.25) is 0 Å². The third-order valence-electron chi connectivity index (χ3n) is 3.59. The van der Waals surface area contributed by atoms with Crippen molar-refractivity contribution in [2.24, 2.45) is 0 Å². The van der Waals surface area contributed by atoms with Crippen molar-refractivity contribution in [3.8, 4) is 5.75 Å². The number of aromatic nitrogens is 2. The Kier molecular flexibility index (Phi) is 5.15. The molecule has 1 amide bonds. The van der Waals surface area contributed by atoms with Crippen molar-refractivity contribution in [1.29, 1.82) is 0 Å². The van der Waals surface area contributed by atoms with Crippen molar-refractivity contribution >= 4 is 32.9 Å². The number of para-hydroxylation sites is 2. The molecule has 1 aromatic heterocycles. The molecule has 0 bridgehead atoms. The number of carbonyl (C=O) groups is 1. The summed E-state index contributed by atoms with van der Waals surface area (Å²) >= 11 is 3.39. The molecule has 0 spiro atoms. The zero-order valence-electron chi connectivity index (χ0n) is 13.3. The Morgan fingerprint density at radius 2 is 2.12 bits per heavy atom. The molecule has 6 heteroatoms. The molecule has 1 unspecified atom stereocenters. The number of halogens is 1. The highest BCUT2D eigenvalue weighted by Gasteiger charge is 2.13. The highest BCUT2D eigenvalue weighted by atomic mass is 79.9. The van der Waals surface area contributed by atoms with Crippen LogP contribution in [-0.4, -0.2) is 22.5 Å². The average molecular weight is 388 g/mol. The lowest BCUT2D eigenvalue weighted by Gasteiger charge is -2.12. The van der Waals surface area contributed by atoms with Crippen molar-refractivity contribution in [3.63, 3.8) is 0 Å². The summed E-state index contributed by atoms with van der Waals surface area (Å²) in [5.74, 6) is 1.41. The molecular weight excluding hydrogens is 370 g/mol. The maximum Gasteiger partial charge on any atom is 0.224 e. The normalized spacial score (nSPS) is 12.1. The molecule has 1 heterocycles. The average Bonchev–Trinajstić information content (AvgIpc) is 2.99. The summed E-state index contributed by atoms with van der Waals surface area (Å²) in [7, 11) is 0. The molecule has 5 nitrogen and oxygen atoms in total. The van der Waals surface area contributed by atoms with E-state index in [4.69, 9.17) is 4.74 Å². The van der Waals surface area contributed by atoms with Gasteiger partial charge in [-0.05, 0) is 37.3 Å². The second-order valence-corrected chi connectivity index (χ2v) is 6.40. The molecule has 0 aliphatic carbocycles. The van der Waals surface area contributed by atoms with Crippen molar-refractivity contribution in [2.75, 3.05) is 6.61 Å². The fourth-order valence-electron chi connectivity index (χ4n) is 2.38. The van der Waals surface area contributed by atoms with Gasteiger partial charge in [-0.2, -0.15) is 0 Å². The predicted molar refractivity (Wildman–Crippen MR) is 96.9 cm³/mol. The number of amides is 1. The lowest BCUT2D eigenvalue weighted by atomic mass is 10.3. The van der Waals surface area contributed by atoms with Crippen LogP contribution in [0.15, 0.2) is 53.0 Å². The van der Waals surface area contributed by atoms with Crippen LogP contribution in [0.5, 0.6) is 5.75 Å². The molecular formula is C18H18BrN3O2. The number of aromatic amines is 1. The first-order valence-corrected chi connectivity index (χ1v) is 8.53. The van der Waals surface area contributed by atoms with Crippen molar-refractivity contribution in [1.82, 2.24) is 15.3 Å². The highest BCUT2D eigenvalue weighted by Crippen LogP contribution is 2.18. The number of H-pyrrole nitrogens is 1. The van der Waals surface area contributed by atoms with E-state index < -0.39 is 0 Å². The van der Waals surface area contributed by atoms with Crippen LogP contribution in [0.25, 0.3) is 11.0 Å². The van der Waals surface area contributed by atoms with Gasteiger partial charge in [-0.3, -0.25) is 4.79 Å². The van der Waals surface area contributed by atoms with Crippen LogP contribution in [0.1, 0.15) is 25.2 Å². The summed E-state index contributed by atoms with van der Waals surface area (Å²) in [5.41, 5.74) is 1.86. The first-order valence-electron chi connectivity index (χ1n) is 7.74. The molecule has 24 heavy (non-hydrogen) atoms. The van der Waals surface area contributed by atoms with E-state index in [0.717, 1.165) is 27.1 Å². The van der Waals surface area contributed by atoms with Gasteiger partial charge in [0.15, 0.2) is 0 Å². The Bertz CT molecular complexity index is 814. The largest absolute Gasteiger partial charge is 0.493 e. The van der Waals surface area contributed by atoms with Gasteiger partial charge in [-0.25, -0.2) is 4.98 Å². The third kappa shape index (κ3) is 4.14. The molecule has 0 saturated carbocycles. The topological polar surface area (TPSA) is 67.0 Å². The summed E-state index contributed by atoms with van der Waals surface area (Å²) in [6.07, 6.45) is 0.289. The Hall–Kier alpha value is -2.34. The van der Waals surface area contributed by atoms with Crippen LogP contribution >= 0.6 is 15.9 Å². The van der Waals surface area contributed by atoms with Gasteiger partial charge in [-0.1, -0.05) is 34.1 Å². The Balaban J connectivity index is 1.50. The quantitative estimate of drug-likeness (QED) is 0.672. The number of rotatable bonds is 6. The molecule has 1 atom stereocenters. The van der Waals surface area contributed by atoms with Crippen molar-refractivity contribution in [3.05, 3.63) is 58.8 Å². The number of carbonyl (C=O) groups excluding carboxylic acids is 1. The van der Waals surface area contributed by atoms with Gasteiger partial charge in [-0.15, -0.1) is 0 Å². The molecule has 0 saturated heterocycles. The van der Waals surface area contributed by atoms with Crippen LogP contribution in [0.3, 0.4) is 0 Å². The lowest BCUT2D eigenvalue weighted by molar-refractivity contribution is -0.122. The van der Waals surface area contributed by atoms with Gasteiger partial charge in [0.1, 0.15) is 11.6 Å². The predicted octanol–water partition coefficient (Wildman–Crippen LogP) is 3.97. The molecule has 3 aromatic rings. The van der Waals surface area contributed by atoms with Gasteiger partial charge < -0.3 is 15.0 Å². The van der Waals surface area contributed by atoms with E-state index in [9.17, 15) is 4.79 Å². The minimum absolute atomic E-state index is 0.0713. The first kappa shape index (κ1) is 16.5. The maximum atomic E-state index is 12.1. The SMILES string of the molecule is CC(NC(=O)CCOc1cccc(Br)c1)c1nc2ccccc2[nH]1. The second-order valence-electron chi connectivity index (χ2n) is 5.48. The molecule has 2 N–H and O–H groups in total. The van der Waals surface area contributed by atoms with E-state index >= 15 is 0 Å². The Morgan fingerprint density at radius 3 is 2.92 bits per heavy atom. The zero-order chi connectivity index (χ0) is 16.9. The van der Waals surface area contributed by atoms with Crippen LogP contribution in [-0.2, 0) is 4.79 Å². The summed E-state index contributed by atoms with van der Waals surface area (Å²) in [5, 5.41) is 2.93. The van der Waals surface area contributed by atoms with Crippen molar-refractivity contribution in [2.45, 2.75) is 19.4 Å². The van der Waals surface area contributed by atoms with Gasteiger partial charge >= 0.3 is 0 Å². The number of fused-ring (bicyclic) bond motifs is 1. The number of nitrogens with one attached hydrogen (secondary N) is 2. The molecule has 3 rings (SSSR count). The second kappa shape index (κ2) is 7.49. The molecule has 124 valence electrons. The third-order valence-corrected chi connectivity index (χ3v) is 4.08. The van der Waals surface area contributed by atoms with E-state index in [0.29, 0.717) is 6.61 Å². The van der Waals surface area contributed by atoms with Crippen LogP contribution in [0.4, 0.5) is 0 Å². The smallest absolute Gasteiger partial charge is 0.224 e. The van der Waals surface area contributed by atoms with E-state index in [2.05, 4.69) is 31.2 Å². The van der Waals surface area contributed by atoms with Crippen molar-refractivity contribution < 1.29 is 9.53 Å². The van der Waals surface area contributed by atoms with Gasteiger partial charge in [0.25, 0.3) is 0 Å². The molecule has 0 aliphatic rings. The Morgan fingerprint density at radius 1 is 1.29 bits per heavy atom. The minimum atomic E-state index is -0.184. The van der Waals surface area contributed by atoms with E-state index in [1.807, 2.05) is 55.5 Å². The number of ether oxygens (including phenoxy) is 1. The van der Waals surface area contributed by atoms with E-state index in [1.165, 1.54) is 0 Å². The highest BCUT2D eigenvalue weighted by molar-refractivity contribution is 9.10. The first-order chi connectivity index (χ1) is 11.6. The number of benzene rings is 2. The fraction of sp³-hybridized carbons (Fsp3) is 0.222. The lowest BCUT2D eigenvalue weighted by Crippen LogP contribution is -2.28. The number of imidazole rings is 1. The number of hydrogen-bond donors (Lipinski definition) is 2. The van der Waals surface area contributed by atoms with Gasteiger partial charge in [0.2, 0.25) is 5.91 Å². The summed E-state index contributed by atoms with van der Waals surface area (Å²) in [6.45, 7) is 2.24. The maximum absolute atomic E-state index is 12.1. The van der Waals surface area contributed by atoms with E-state index in [1.54, 1.807) is 0 Å². The van der Waals surface area contributed by atoms with Crippen LogP contribution < -0.4 is 10.1 Å². The van der Waals surface area contributed by atoms with Gasteiger partial charge in [0.05, 0.1) is 30.1 Å². The Labute approximate surface area is 148 Å². The molecule has 0 aliphatic heterocycles. The van der Waals surface area contributed by atoms with Crippen LogP contribution in [0, 0.1) is 0 Å². The number of hydrogen-bond acceptors (Lipinski definition) is 3. The monoisotopic (exact) mass is 387 g/mol. The minimum Gasteiger partial charge on any atom is -0.493 e.